The van der Waals surface area contributed by atoms with E-state index in [0.717, 1.165) is 11.1 Å². The van der Waals surface area contributed by atoms with Gasteiger partial charge in [0.05, 0.1) is 31.9 Å². The van der Waals surface area contributed by atoms with Gasteiger partial charge in [0.1, 0.15) is 18.1 Å². The number of piperidine rings is 1. The van der Waals surface area contributed by atoms with E-state index >= 15 is 0 Å². The van der Waals surface area contributed by atoms with E-state index in [-0.39, 0.29) is 30.4 Å². The number of methoxy groups -OCH3 is 3. The highest BCUT2D eigenvalue weighted by Gasteiger charge is 2.35. The Labute approximate surface area is 183 Å². The molecule has 7 nitrogen and oxygen atoms in total. The summed E-state index contributed by atoms with van der Waals surface area (Å²) in [5.41, 5.74) is 2.80. The van der Waals surface area contributed by atoms with Crippen molar-refractivity contribution < 1.29 is 23.8 Å². The maximum atomic E-state index is 13.0. The molecule has 166 valence electrons. The van der Waals surface area contributed by atoms with Crippen molar-refractivity contribution in [2.24, 2.45) is 5.92 Å². The lowest BCUT2D eigenvalue weighted by Gasteiger charge is -2.39. The fourth-order valence-corrected chi connectivity index (χ4v) is 4.03. The molecule has 31 heavy (non-hydrogen) atoms. The van der Waals surface area contributed by atoms with Crippen molar-refractivity contribution >= 4 is 17.5 Å². The number of carbonyl (C=O) groups excluding carboxylic acids is 2. The number of nitrogens with zero attached hydrogens (tertiary/aromatic N) is 1. The van der Waals surface area contributed by atoms with Crippen LogP contribution < -0.4 is 14.8 Å². The molecule has 1 aliphatic heterocycles. The zero-order valence-corrected chi connectivity index (χ0v) is 18.5. The number of hydrogen-bond donors (Lipinski definition) is 1. The van der Waals surface area contributed by atoms with Crippen molar-refractivity contribution in [2.45, 2.75) is 25.8 Å². The van der Waals surface area contributed by atoms with Crippen LogP contribution in [0.1, 0.15) is 30.0 Å². The average Bonchev–Trinajstić information content (AvgIpc) is 2.79. The highest BCUT2D eigenvalue weighted by Crippen LogP contribution is 2.35. The number of carbonyl (C=O) groups is 2. The highest BCUT2D eigenvalue weighted by atomic mass is 16.5. The minimum atomic E-state index is -0.325. The van der Waals surface area contributed by atoms with Crippen LogP contribution in [0.5, 0.6) is 11.5 Å². The lowest BCUT2D eigenvalue weighted by atomic mass is 9.87. The molecular formula is C24H30N2O5. The largest absolute Gasteiger partial charge is 0.497 e. The standard InChI is InChI=1S/C24H30N2O5/c1-16-6-5-7-17(12-16)21-11-8-18(14-26(21)23(27)15-29-2)24(28)25-20-10-9-19(30-3)13-22(20)31-4/h5-7,9-10,12-13,18,21H,8,11,14-15H2,1-4H3,(H,25,28). The molecular weight excluding hydrogens is 396 g/mol. The first kappa shape index (κ1) is 22.6. The van der Waals surface area contributed by atoms with E-state index in [2.05, 4.69) is 11.4 Å². The van der Waals surface area contributed by atoms with Crippen molar-refractivity contribution in [3.63, 3.8) is 0 Å². The Kier molecular flexibility index (Phi) is 7.52. The Hall–Kier alpha value is -3.06. The molecule has 0 spiro atoms. The van der Waals surface area contributed by atoms with E-state index in [1.807, 2.05) is 25.1 Å². The number of rotatable bonds is 7. The Bertz CT molecular complexity index is 930. The molecule has 2 atom stereocenters. The first-order valence-corrected chi connectivity index (χ1v) is 10.3. The molecule has 2 amide bonds. The van der Waals surface area contributed by atoms with Crippen molar-refractivity contribution in [1.29, 1.82) is 0 Å². The quantitative estimate of drug-likeness (QED) is 0.732. The molecule has 2 aromatic rings. The Morgan fingerprint density at radius 1 is 1.06 bits per heavy atom. The monoisotopic (exact) mass is 426 g/mol. The summed E-state index contributed by atoms with van der Waals surface area (Å²) in [4.78, 5) is 27.6. The van der Waals surface area contributed by atoms with Gasteiger partial charge in [0.15, 0.2) is 0 Å². The number of anilines is 1. The fraction of sp³-hybridized carbons (Fsp3) is 0.417. The number of nitrogens with one attached hydrogen (secondary N) is 1. The third-order valence-corrected chi connectivity index (χ3v) is 5.63. The number of ether oxygens (including phenoxy) is 3. The zero-order chi connectivity index (χ0) is 22.4. The van der Waals surface area contributed by atoms with Crippen molar-refractivity contribution in [3.8, 4) is 11.5 Å². The van der Waals surface area contributed by atoms with Gasteiger partial charge in [-0.05, 0) is 37.5 Å². The first-order valence-electron chi connectivity index (χ1n) is 10.3. The summed E-state index contributed by atoms with van der Waals surface area (Å²) >= 11 is 0. The van der Waals surface area contributed by atoms with Gasteiger partial charge in [-0.2, -0.15) is 0 Å². The maximum Gasteiger partial charge on any atom is 0.249 e. The smallest absolute Gasteiger partial charge is 0.249 e. The second-order valence-electron chi connectivity index (χ2n) is 7.74. The van der Waals surface area contributed by atoms with E-state index in [0.29, 0.717) is 36.6 Å². The first-order chi connectivity index (χ1) is 15.0. The van der Waals surface area contributed by atoms with Gasteiger partial charge < -0.3 is 24.4 Å². The van der Waals surface area contributed by atoms with E-state index in [9.17, 15) is 9.59 Å². The minimum absolute atomic E-state index is 0.0110. The second-order valence-corrected chi connectivity index (χ2v) is 7.74. The van der Waals surface area contributed by atoms with E-state index in [1.54, 1.807) is 37.3 Å². The molecule has 0 bridgehead atoms. The topological polar surface area (TPSA) is 77.1 Å². The van der Waals surface area contributed by atoms with Gasteiger partial charge in [0.25, 0.3) is 0 Å². The van der Waals surface area contributed by atoms with Gasteiger partial charge in [-0.25, -0.2) is 0 Å². The van der Waals surface area contributed by atoms with Gasteiger partial charge in [0.2, 0.25) is 11.8 Å². The third kappa shape index (κ3) is 5.35. The lowest BCUT2D eigenvalue weighted by Crippen LogP contribution is -2.46. The summed E-state index contributed by atoms with van der Waals surface area (Å²) in [5.74, 6) is 0.585. The summed E-state index contributed by atoms with van der Waals surface area (Å²) in [6, 6.07) is 13.3. The molecule has 1 saturated heterocycles. The normalized spacial score (nSPS) is 18.4. The predicted octanol–water partition coefficient (Wildman–Crippen LogP) is 3.58. The number of likely N-dealkylation sites (tertiary alicyclic amines) is 1. The van der Waals surface area contributed by atoms with Crippen LogP contribution in [0, 0.1) is 12.8 Å². The maximum absolute atomic E-state index is 13.0. The molecule has 1 heterocycles. The van der Waals surface area contributed by atoms with Crippen LogP contribution >= 0.6 is 0 Å². The van der Waals surface area contributed by atoms with E-state index in [4.69, 9.17) is 14.2 Å². The molecule has 1 fully saturated rings. The molecule has 2 aromatic carbocycles. The van der Waals surface area contributed by atoms with Gasteiger partial charge >= 0.3 is 0 Å². The van der Waals surface area contributed by atoms with Crippen LogP contribution in [0.3, 0.4) is 0 Å². The Balaban J connectivity index is 1.78. The Morgan fingerprint density at radius 3 is 2.55 bits per heavy atom. The lowest BCUT2D eigenvalue weighted by molar-refractivity contribution is -0.141. The predicted molar refractivity (Wildman–Crippen MR) is 118 cm³/mol. The zero-order valence-electron chi connectivity index (χ0n) is 18.5. The number of benzene rings is 2. The van der Waals surface area contributed by atoms with Gasteiger partial charge in [0, 0.05) is 19.7 Å². The molecule has 0 radical (unpaired) electrons. The molecule has 3 rings (SSSR count). The molecule has 0 aromatic heterocycles. The van der Waals surface area contributed by atoms with Gasteiger partial charge in [-0.1, -0.05) is 29.8 Å². The van der Waals surface area contributed by atoms with Crippen LogP contribution in [-0.2, 0) is 14.3 Å². The van der Waals surface area contributed by atoms with Crippen LogP contribution in [0.25, 0.3) is 0 Å². The van der Waals surface area contributed by atoms with Crippen molar-refractivity contribution in [1.82, 2.24) is 4.90 Å². The summed E-state index contributed by atoms with van der Waals surface area (Å²) < 4.78 is 15.7. The molecule has 1 N–H and O–H groups in total. The average molecular weight is 427 g/mol. The molecule has 0 aliphatic carbocycles. The van der Waals surface area contributed by atoms with Crippen LogP contribution in [0.2, 0.25) is 0 Å². The SMILES string of the molecule is COCC(=O)N1CC(C(=O)Nc2ccc(OC)cc2OC)CCC1c1cccc(C)c1. The van der Waals surface area contributed by atoms with Crippen LogP contribution in [-0.4, -0.2) is 51.2 Å². The number of aryl methyl sites for hydroxylation is 1. The Morgan fingerprint density at radius 2 is 1.87 bits per heavy atom. The van der Waals surface area contributed by atoms with E-state index in [1.165, 1.54) is 7.11 Å². The third-order valence-electron chi connectivity index (χ3n) is 5.63. The fourth-order valence-electron chi connectivity index (χ4n) is 4.03. The van der Waals surface area contributed by atoms with Crippen molar-refractivity contribution in [2.75, 3.05) is 39.8 Å². The van der Waals surface area contributed by atoms with Gasteiger partial charge in [-0.3, -0.25) is 9.59 Å². The van der Waals surface area contributed by atoms with Gasteiger partial charge in [-0.15, -0.1) is 0 Å². The summed E-state index contributed by atoms with van der Waals surface area (Å²) in [5, 5.41) is 2.95. The summed E-state index contributed by atoms with van der Waals surface area (Å²) in [6.45, 7) is 2.36. The molecule has 1 aliphatic rings. The van der Waals surface area contributed by atoms with Crippen molar-refractivity contribution in [3.05, 3.63) is 53.6 Å². The molecule has 7 heteroatoms. The van der Waals surface area contributed by atoms with E-state index < -0.39 is 0 Å². The number of hydrogen-bond acceptors (Lipinski definition) is 5. The molecule has 2 unspecified atom stereocenters. The second kappa shape index (κ2) is 10.3. The number of amides is 2. The summed E-state index contributed by atoms with van der Waals surface area (Å²) in [6.07, 6.45) is 1.39. The summed E-state index contributed by atoms with van der Waals surface area (Å²) in [7, 11) is 4.62. The molecule has 0 saturated carbocycles. The van der Waals surface area contributed by atoms with Crippen LogP contribution in [0.4, 0.5) is 5.69 Å². The van der Waals surface area contributed by atoms with Crippen LogP contribution in [0.15, 0.2) is 42.5 Å². The highest BCUT2D eigenvalue weighted by molar-refractivity contribution is 5.94. The minimum Gasteiger partial charge on any atom is -0.497 e.